The molecule has 2 aromatic rings. The SMILES string of the molecule is O=C1CCCN1CCC=COc1nccc2[nH]cnc12. The third-order valence-electron chi connectivity index (χ3n) is 3.32. The van der Waals surface area contributed by atoms with Crippen molar-refractivity contribution in [3.8, 4) is 5.88 Å². The molecule has 3 heterocycles. The van der Waals surface area contributed by atoms with E-state index in [-0.39, 0.29) is 5.91 Å². The number of nitrogens with zero attached hydrogens (tertiary/aromatic N) is 3. The molecule has 6 heteroatoms. The van der Waals surface area contributed by atoms with Crippen molar-refractivity contribution in [3.63, 3.8) is 0 Å². The van der Waals surface area contributed by atoms with Crippen molar-refractivity contribution < 1.29 is 9.53 Å². The lowest BCUT2D eigenvalue weighted by atomic mass is 10.4. The van der Waals surface area contributed by atoms with E-state index in [2.05, 4.69) is 15.0 Å². The molecule has 1 aliphatic rings. The topological polar surface area (TPSA) is 71.1 Å². The first-order valence-corrected chi connectivity index (χ1v) is 6.72. The molecule has 3 rings (SSSR count). The van der Waals surface area contributed by atoms with E-state index in [4.69, 9.17) is 4.74 Å². The number of imidazole rings is 1. The summed E-state index contributed by atoms with van der Waals surface area (Å²) >= 11 is 0. The van der Waals surface area contributed by atoms with Crippen LogP contribution in [0, 0.1) is 0 Å². The van der Waals surface area contributed by atoms with E-state index >= 15 is 0 Å². The Labute approximate surface area is 116 Å². The minimum Gasteiger partial charge on any atom is -0.445 e. The van der Waals surface area contributed by atoms with Crippen LogP contribution in [0.1, 0.15) is 19.3 Å². The molecule has 0 unspecified atom stereocenters. The second kappa shape index (κ2) is 5.73. The summed E-state index contributed by atoms with van der Waals surface area (Å²) in [5.41, 5.74) is 1.61. The predicted octanol–water partition coefficient (Wildman–Crippen LogP) is 1.86. The smallest absolute Gasteiger partial charge is 0.247 e. The molecule has 104 valence electrons. The van der Waals surface area contributed by atoms with Gasteiger partial charge in [0.25, 0.3) is 0 Å². The van der Waals surface area contributed by atoms with Crippen molar-refractivity contribution in [2.45, 2.75) is 19.3 Å². The van der Waals surface area contributed by atoms with E-state index < -0.39 is 0 Å². The fraction of sp³-hybridized carbons (Fsp3) is 0.357. The first kappa shape index (κ1) is 12.7. The van der Waals surface area contributed by atoms with E-state index in [1.807, 2.05) is 17.0 Å². The Kier molecular flexibility index (Phi) is 3.62. The Bertz CT molecular complexity index is 635. The van der Waals surface area contributed by atoms with E-state index in [1.165, 1.54) is 0 Å². The van der Waals surface area contributed by atoms with Crippen molar-refractivity contribution in [1.29, 1.82) is 0 Å². The van der Waals surface area contributed by atoms with E-state index in [1.54, 1.807) is 18.8 Å². The number of ether oxygens (including phenoxy) is 1. The summed E-state index contributed by atoms with van der Waals surface area (Å²) in [7, 11) is 0. The zero-order valence-electron chi connectivity index (χ0n) is 11.1. The number of hydrogen-bond acceptors (Lipinski definition) is 4. The van der Waals surface area contributed by atoms with Gasteiger partial charge in [0.1, 0.15) is 0 Å². The first-order chi connectivity index (χ1) is 9.84. The number of carbonyl (C=O) groups is 1. The molecule has 2 aromatic heterocycles. The number of rotatable bonds is 5. The molecule has 20 heavy (non-hydrogen) atoms. The van der Waals surface area contributed by atoms with Gasteiger partial charge in [0, 0.05) is 25.7 Å². The maximum absolute atomic E-state index is 11.4. The third-order valence-corrected chi connectivity index (χ3v) is 3.32. The first-order valence-electron chi connectivity index (χ1n) is 6.72. The number of fused-ring (bicyclic) bond motifs is 1. The third kappa shape index (κ3) is 2.64. The van der Waals surface area contributed by atoms with Crippen LogP contribution in [-0.2, 0) is 4.79 Å². The Morgan fingerprint density at radius 3 is 3.25 bits per heavy atom. The van der Waals surface area contributed by atoms with Gasteiger partial charge in [0.2, 0.25) is 11.8 Å². The fourth-order valence-electron chi connectivity index (χ4n) is 2.28. The van der Waals surface area contributed by atoms with Gasteiger partial charge in [0.15, 0.2) is 5.52 Å². The molecule has 0 atom stereocenters. The molecule has 0 spiro atoms. The number of amides is 1. The number of pyridine rings is 1. The number of hydrogen-bond donors (Lipinski definition) is 1. The summed E-state index contributed by atoms with van der Waals surface area (Å²) in [6.45, 7) is 1.63. The Morgan fingerprint density at radius 1 is 1.45 bits per heavy atom. The molecule has 1 N–H and O–H groups in total. The van der Waals surface area contributed by atoms with E-state index in [9.17, 15) is 4.79 Å². The van der Waals surface area contributed by atoms with Crippen LogP contribution in [0.2, 0.25) is 0 Å². The lowest BCUT2D eigenvalue weighted by Gasteiger charge is -2.13. The van der Waals surface area contributed by atoms with Gasteiger partial charge in [-0.05, 0) is 25.0 Å². The summed E-state index contributed by atoms with van der Waals surface area (Å²) in [5.74, 6) is 0.736. The number of nitrogens with one attached hydrogen (secondary N) is 1. The molecule has 0 aromatic carbocycles. The lowest BCUT2D eigenvalue weighted by molar-refractivity contribution is -0.127. The van der Waals surface area contributed by atoms with Crippen LogP contribution in [0.4, 0.5) is 0 Å². The van der Waals surface area contributed by atoms with E-state index in [0.717, 1.165) is 31.4 Å². The average molecular weight is 272 g/mol. The van der Waals surface area contributed by atoms with Gasteiger partial charge in [-0.1, -0.05) is 0 Å². The van der Waals surface area contributed by atoms with Crippen LogP contribution in [0.25, 0.3) is 11.0 Å². The molecule has 1 aliphatic heterocycles. The normalized spacial score (nSPS) is 15.6. The number of carbonyl (C=O) groups excluding carboxylic acids is 1. The van der Waals surface area contributed by atoms with Crippen molar-refractivity contribution in [2.75, 3.05) is 13.1 Å². The second-order valence-electron chi connectivity index (χ2n) is 4.68. The molecule has 6 nitrogen and oxygen atoms in total. The van der Waals surface area contributed by atoms with Gasteiger partial charge in [-0.3, -0.25) is 4.79 Å². The lowest BCUT2D eigenvalue weighted by Crippen LogP contribution is -2.25. The molecular formula is C14H16N4O2. The highest BCUT2D eigenvalue weighted by Gasteiger charge is 2.18. The Hall–Kier alpha value is -2.37. The molecule has 0 bridgehead atoms. The average Bonchev–Trinajstić information content (AvgIpc) is 3.08. The number of H-pyrrole nitrogens is 1. The highest BCUT2D eigenvalue weighted by Crippen LogP contribution is 2.19. The van der Waals surface area contributed by atoms with Gasteiger partial charge in [-0.2, -0.15) is 0 Å². The minimum atomic E-state index is 0.252. The standard InChI is InChI=1S/C14H16N4O2/c19-12-4-3-8-18(12)7-1-2-9-20-14-13-11(5-6-15-14)16-10-17-13/h2,5-6,9-10H,1,3-4,7-8H2,(H,16,17). The number of likely N-dealkylation sites (tertiary alicyclic amines) is 1. The molecular weight excluding hydrogens is 256 g/mol. The maximum atomic E-state index is 11.4. The van der Waals surface area contributed by atoms with Crippen LogP contribution in [0.3, 0.4) is 0 Å². The van der Waals surface area contributed by atoms with Gasteiger partial charge in [0.05, 0.1) is 18.1 Å². The summed E-state index contributed by atoms with van der Waals surface area (Å²) in [4.78, 5) is 24.6. The maximum Gasteiger partial charge on any atom is 0.247 e. The zero-order chi connectivity index (χ0) is 13.8. The Morgan fingerprint density at radius 2 is 2.40 bits per heavy atom. The van der Waals surface area contributed by atoms with Crippen molar-refractivity contribution in [3.05, 3.63) is 30.9 Å². The van der Waals surface area contributed by atoms with Gasteiger partial charge < -0.3 is 14.6 Å². The molecule has 1 fully saturated rings. The van der Waals surface area contributed by atoms with E-state index in [0.29, 0.717) is 17.8 Å². The second-order valence-corrected chi connectivity index (χ2v) is 4.68. The highest BCUT2D eigenvalue weighted by molar-refractivity contribution is 5.79. The molecule has 0 radical (unpaired) electrons. The summed E-state index contributed by atoms with van der Waals surface area (Å²) < 4.78 is 5.49. The van der Waals surface area contributed by atoms with Gasteiger partial charge in [-0.15, -0.1) is 0 Å². The quantitative estimate of drug-likeness (QED) is 0.843. The summed E-state index contributed by atoms with van der Waals surface area (Å²) in [5, 5.41) is 0. The van der Waals surface area contributed by atoms with Crippen LogP contribution >= 0.6 is 0 Å². The largest absolute Gasteiger partial charge is 0.445 e. The van der Waals surface area contributed by atoms with Crippen molar-refractivity contribution >= 4 is 16.9 Å². The predicted molar refractivity (Wildman–Crippen MR) is 74.1 cm³/mol. The van der Waals surface area contributed by atoms with Crippen LogP contribution < -0.4 is 4.74 Å². The molecule has 0 aliphatic carbocycles. The van der Waals surface area contributed by atoms with Gasteiger partial charge >= 0.3 is 0 Å². The number of aromatic amines is 1. The highest BCUT2D eigenvalue weighted by atomic mass is 16.5. The minimum absolute atomic E-state index is 0.252. The van der Waals surface area contributed by atoms with Crippen LogP contribution in [0.5, 0.6) is 5.88 Å². The van der Waals surface area contributed by atoms with Crippen molar-refractivity contribution in [1.82, 2.24) is 19.9 Å². The monoisotopic (exact) mass is 272 g/mol. The Balaban J connectivity index is 1.53. The summed E-state index contributed by atoms with van der Waals surface area (Å²) in [6, 6.07) is 1.85. The molecule has 0 saturated carbocycles. The molecule has 1 saturated heterocycles. The summed E-state index contributed by atoms with van der Waals surface area (Å²) in [6.07, 6.45) is 9.24. The zero-order valence-corrected chi connectivity index (χ0v) is 11.1. The number of aromatic nitrogens is 3. The van der Waals surface area contributed by atoms with Crippen LogP contribution in [-0.4, -0.2) is 38.8 Å². The van der Waals surface area contributed by atoms with Crippen molar-refractivity contribution in [2.24, 2.45) is 0 Å². The van der Waals surface area contributed by atoms with Gasteiger partial charge in [-0.25, -0.2) is 9.97 Å². The van der Waals surface area contributed by atoms with Crippen LogP contribution in [0.15, 0.2) is 30.9 Å². The fourth-order valence-corrected chi connectivity index (χ4v) is 2.28. The molecule has 1 amide bonds.